The van der Waals surface area contributed by atoms with Crippen molar-refractivity contribution in [2.24, 2.45) is 0 Å². The highest BCUT2D eigenvalue weighted by Gasteiger charge is 2.20. The number of aryl methyl sites for hydroxylation is 1. The zero-order valence-electron chi connectivity index (χ0n) is 8.68. The molecule has 4 heteroatoms. The van der Waals surface area contributed by atoms with E-state index >= 15 is 0 Å². The lowest BCUT2D eigenvalue weighted by atomic mass is 10.3. The van der Waals surface area contributed by atoms with E-state index in [9.17, 15) is 0 Å². The molecule has 0 radical (unpaired) electrons. The van der Waals surface area contributed by atoms with Crippen molar-refractivity contribution < 1.29 is 4.74 Å². The third-order valence-electron chi connectivity index (χ3n) is 2.30. The van der Waals surface area contributed by atoms with Crippen molar-refractivity contribution in [2.75, 3.05) is 24.6 Å². The van der Waals surface area contributed by atoms with Crippen molar-refractivity contribution in [2.45, 2.75) is 13.0 Å². The molecule has 0 bridgehead atoms. The molecule has 0 aromatic carbocycles. The third-order valence-corrected chi connectivity index (χ3v) is 2.30. The summed E-state index contributed by atoms with van der Waals surface area (Å²) in [5, 5.41) is 0. The maximum absolute atomic E-state index is 5.37. The van der Waals surface area contributed by atoms with Gasteiger partial charge in [0, 0.05) is 18.9 Å². The number of terminal acetylenes is 1. The van der Waals surface area contributed by atoms with Crippen LogP contribution in [-0.4, -0.2) is 35.8 Å². The summed E-state index contributed by atoms with van der Waals surface area (Å²) in [6.45, 7) is 4.06. The smallest absolute Gasteiger partial charge is 0.225 e. The van der Waals surface area contributed by atoms with Crippen LogP contribution in [0.2, 0.25) is 0 Å². The van der Waals surface area contributed by atoms with Crippen LogP contribution in [0.3, 0.4) is 0 Å². The minimum absolute atomic E-state index is 0.149. The fraction of sp³-hybridized carbons (Fsp3) is 0.455. The summed E-state index contributed by atoms with van der Waals surface area (Å²) in [5.41, 5.74) is 1.06. The van der Waals surface area contributed by atoms with Gasteiger partial charge in [-0.05, 0) is 12.5 Å². The van der Waals surface area contributed by atoms with Crippen LogP contribution in [0.1, 0.15) is 5.56 Å². The molecule has 2 heterocycles. The van der Waals surface area contributed by atoms with Gasteiger partial charge in [-0.1, -0.05) is 5.92 Å². The Morgan fingerprint density at radius 1 is 1.53 bits per heavy atom. The van der Waals surface area contributed by atoms with Crippen molar-refractivity contribution in [3.8, 4) is 12.3 Å². The van der Waals surface area contributed by atoms with Gasteiger partial charge in [-0.3, -0.25) is 0 Å². The van der Waals surface area contributed by atoms with Gasteiger partial charge >= 0.3 is 0 Å². The maximum atomic E-state index is 5.37. The lowest BCUT2D eigenvalue weighted by Crippen LogP contribution is -2.42. The van der Waals surface area contributed by atoms with E-state index in [1.165, 1.54) is 0 Å². The molecule has 0 amide bonds. The molecular formula is C11H13N3O. The van der Waals surface area contributed by atoms with E-state index in [1.807, 2.05) is 24.2 Å². The number of anilines is 1. The highest BCUT2D eigenvalue weighted by Crippen LogP contribution is 2.11. The Morgan fingerprint density at radius 3 is 2.93 bits per heavy atom. The first-order valence-corrected chi connectivity index (χ1v) is 4.91. The monoisotopic (exact) mass is 203 g/mol. The van der Waals surface area contributed by atoms with Crippen LogP contribution in [0, 0.1) is 19.3 Å². The summed E-state index contributed by atoms with van der Waals surface area (Å²) in [7, 11) is 0. The van der Waals surface area contributed by atoms with Gasteiger partial charge in [-0.15, -0.1) is 6.42 Å². The van der Waals surface area contributed by atoms with Crippen molar-refractivity contribution in [1.29, 1.82) is 0 Å². The average Bonchev–Trinajstić information content (AvgIpc) is 2.30. The summed E-state index contributed by atoms with van der Waals surface area (Å²) in [6.07, 6.45) is 8.79. The molecule has 4 nitrogen and oxygen atoms in total. The van der Waals surface area contributed by atoms with Crippen LogP contribution < -0.4 is 4.90 Å². The molecule has 0 saturated carbocycles. The van der Waals surface area contributed by atoms with E-state index in [4.69, 9.17) is 11.2 Å². The number of nitrogens with zero attached hydrogens (tertiary/aromatic N) is 3. The molecule has 1 saturated heterocycles. The topological polar surface area (TPSA) is 38.2 Å². The van der Waals surface area contributed by atoms with Crippen molar-refractivity contribution >= 4 is 5.95 Å². The van der Waals surface area contributed by atoms with E-state index < -0.39 is 0 Å². The van der Waals surface area contributed by atoms with Gasteiger partial charge in [0.05, 0.1) is 13.2 Å². The summed E-state index contributed by atoms with van der Waals surface area (Å²) in [5.74, 6) is 3.32. The van der Waals surface area contributed by atoms with E-state index in [0.717, 1.165) is 18.1 Å². The van der Waals surface area contributed by atoms with Crippen molar-refractivity contribution in [1.82, 2.24) is 9.97 Å². The van der Waals surface area contributed by atoms with Gasteiger partial charge in [-0.25, -0.2) is 9.97 Å². The molecular weight excluding hydrogens is 190 g/mol. The fourth-order valence-corrected chi connectivity index (χ4v) is 1.48. The van der Waals surface area contributed by atoms with Gasteiger partial charge in [-0.2, -0.15) is 0 Å². The zero-order chi connectivity index (χ0) is 10.7. The second kappa shape index (κ2) is 4.28. The number of ether oxygens (including phenoxy) is 1. The molecule has 0 spiro atoms. The van der Waals surface area contributed by atoms with E-state index in [1.54, 1.807) is 0 Å². The summed E-state index contributed by atoms with van der Waals surface area (Å²) in [4.78, 5) is 10.6. The van der Waals surface area contributed by atoms with Crippen LogP contribution in [0.5, 0.6) is 0 Å². The normalized spacial score (nSPS) is 21.1. The summed E-state index contributed by atoms with van der Waals surface area (Å²) in [6, 6.07) is 0. The third kappa shape index (κ3) is 2.25. The van der Waals surface area contributed by atoms with Crippen molar-refractivity contribution in [3.63, 3.8) is 0 Å². The predicted molar refractivity (Wildman–Crippen MR) is 57.6 cm³/mol. The maximum Gasteiger partial charge on any atom is 0.225 e. The first-order valence-electron chi connectivity index (χ1n) is 4.91. The predicted octanol–water partition coefficient (Wildman–Crippen LogP) is 0.623. The quantitative estimate of drug-likeness (QED) is 0.627. The summed E-state index contributed by atoms with van der Waals surface area (Å²) < 4.78 is 5.37. The largest absolute Gasteiger partial charge is 0.362 e. The molecule has 1 aliphatic rings. The van der Waals surface area contributed by atoms with Crippen LogP contribution in [0.4, 0.5) is 5.95 Å². The second-order valence-electron chi connectivity index (χ2n) is 3.53. The van der Waals surface area contributed by atoms with Crippen LogP contribution >= 0.6 is 0 Å². The van der Waals surface area contributed by atoms with Gasteiger partial charge < -0.3 is 9.64 Å². The van der Waals surface area contributed by atoms with Crippen LogP contribution in [-0.2, 0) is 4.74 Å². The van der Waals surface area contributed by atoms with E-state index in [-0.39, 0.29) is 6.10 Å². The number of rotatable bonds is 1. The molecule has 1 aliphatic heterocycles. The Labute approximate surface area is 89.3 Å². The molecule has 15 heavy (non-hydrogen) atoms. The van der Waals surface area contributed by atoms with Crippen molar-refractivity contribution in [3.05, 3.63) is 18.0 Å². The molecule has 1 atom stereocenters. The lowest BCUT2D eigenvalue weighted by molar-refractivity contribution is 0.0772. The minimum Gasteiger partial charge on any atom is -0.362 e. The Balaban J connectivity index is 2.10. The molecule has 1 aromatic rings. The highest BCUT2D eigenvalue weighted by molar-refractivity contribution is 5.31. The number of aromatic nitrogens is 2. The average molecular weight is 203 g/mol. The molecule has 1 unspecified atom stereocenters. The summed E-state index contributed by atoms with van der Waals surface area (Å²) >= 11 is 0. The van der Waals surface area contributed by atoms with Gasteiger partial charge in [0.15, 0.2) is 0 Å². The lowest BCUT2D eigenvalue weighted by Gasteiger charge is -2.30. The Kier molecular flexibility index (Phi) is 2.84. The molecule has 1 fully saturated rings. The van der Waals surface area contributed by atoms with Gasteiger partial charge in [0.1, 0.15) is 6.10 Å². The Morgan fingerprint density at radius 2 is 2.27 bits per heavy atom. The number of hydrogen-bond donors (Lipinski definition) is 0. The zero-order valence-corrected chi connectivity index (χ0v) is 8.68. The Hall–Kier alpha value is -1.60. The first kappa shape index (κ1) is 9.94. The van der Waals surface area contributed by atoms with Gasteiger partial charge in [0.25, 0.3) is 0 Å². The van der Waals surface area contributed by atoms with Crippen LogP contribution in [0.25, 0.3) is 0 Å². The fourth-order valence-electron chi connectivity index (χ4n) is 1.48. The van der Waals surface area contributed by atoms with Gasteiger partial charge in [0.2, 0.25) is 5.95 Å². The molecule has 0 N–H and O–H groups in total. The highest BCUT2D eigenvalue weighted by atomic mass is 16.5. The Bertz CT molecular complexity index is 368. The van der Waals surface area contributed by atoms with Crippen LogP contribution in [0.15, 0.2) is 12.4 Å². The van der Waals surface area contributed by atoms with E-state index in [2.05, 4.69) is 15.9 Å². The second-order valence-corrected chi connectivity index (χ2v) is 3.53. The molecule has 78 valence electrons. The molecule has 0 aliphatic carbocycles. The first-order chi connectivity index (χ1) is 7.29. The number of morpholine rings is 1. The molecule has 1 aromatic heterocycles. The number of hydrogen-bond acceptors (Lipinski definition) is 4. The minimum atomic E-state index is -0.149. The SMILES string of the molecule is C#CC1CN(c2ncc(C)cn2)CCO1. The van der Waals surface area contributed by atoms with E-state index in [0.29, 0.717) is 13.2 Å². The standard InChI is InChI=1S/C11H13N3O/c1-3-10-8-14(4-5-15-10)11-12-6-9(2)7-13-11/h1,6-7,10H,4-5,8H2,2H3. The molecule has 2 rings (SSSR count).